The highest BCUT2D eigenvalue weighted by Gasteiger charge is 2.35. The fraction of sp³-hybridized carbons (Fsp3) is 0.304. The number of hydrogen-bond acceptors (Lipinski definition) is 5. The molecule has 2 aromatic rings. The normalized spacial score (nSPS) is 19.6. The fourth-order valence-electron chi connectivity index (χ4n) is 3.42. The minimum atomic E-state index is -1.41. The number of aliphatic carboxylic acids is 1. The van der Waals surface area contributed by atoms with E-state index in [0.29, 0.717) is 11.3 Å². The highest BCUT2D eigenvalue weighted by Crippen LogP contribution is 2.10. The lowest BCUT2D eigenvalue weighted by Crippen LogP contribution is -2.63. The molecule has 0 spiro atoms. The van der Waals surface area contributed by atoms with Gasteiger partial charge in [0.2, 0.25) is 17.7 Å². The van der Waals surface area contributed by atoms with Crippen molar-refractivity contribution in [1.82, 2.24) is 16.0 Å². The quantitative estimate of drug-likeness (QED) is 0.395. The van der Waals surface area contributed by atoms with Gasteiger partial charge in [0, 0.05) is 17.1 Å². The molecular formula is C23H25N3O6S. The summed E-state index contributed by atoms with van der Waals surface area (Å²) in [5.74, 6) is -2.85. The first-order valence-corrected chi connectivity index (χ1v) is 11.8. The molecule has 174 valence electrons. The molecule has 3 rings (SSSR count). The van der Waals surface area contributed by atoms with Gasteiger partial charge in [0.15, 0.2) is 0 Å². The summed E-state index contributed by atoms with van der Waals surface area (Å²) in [6, 6.07) is 14.7. The molecule has 4 N–H and O–H groups in total. The van der Waals surface area contributed by atoms with Gasteiger partial charge in [0.1, 0.15) is 18.1 Å². The van der Waals surface area contributed by atoms with E-state index in [1.807, 2.05) is 30.3 Å². The molecule has 0 bridgehead atoms. The van der Waals surface area contributed by atoms with Crippen LogP contribution in [0.4, 0.5) is 0 Å². The van der Waals surface area contributed by atoms with Crippen molar-refractivity contribution in [2.75, 3.05) is 5.75 Å². The Morgan fingerprint density at radius 1 is 0.939 bits per heavy atom. The smallest absolute Gasteiger partial charge is 0.326 e. The highest BCUT2D eigenvalue weighted by molar-refractivity contribution is 7.85. The standard InChI is InChI=1S/C23H25N3O6S/c27-20(24-17(23(30)31)11-12-33(32)16-9-5-2-6-10-16)14-19-22(29)25-18(21(28)26-19)13-15-7-3-1-4-8-15/h1-10,17-19H,11-14H2,(H,24,27)(H,25,29)(H,26,28)(H,30,31)/t17-,18-,19-,33-/m0/s1. The fourth-order valence-corrected chi connectivity index (χ4v) is 4.57. The largest absolute Gasteiger partial charge is 0.480 e. The zero-order chi connectivity index (χ0) is 23.8. The molecule has 10 heteroatoms. The van der Waals surface area contributed by atoms with Crippen molar-refractivity contribution in [3.05, 3.63) is 66.2 Å². The van der Waals surface area contributed by atoms with E-state index in [1.165, 1.54) is 0 Å². The van der Waals surface area contributed by atoms with Gasteiger partial charge in [-0.25, -0.2) is 4.79 Å². The third-order valence-corrected chi connectivity index (χ3v) is 6.57. The Kier molecular flexibility index (Phi) is 8.31. The molecule has 1 aliphatic heterocycles. The summed E-state index contributed by atoms with van der Waals surface area (Å²) >= 11 is 0. The number of carbonyl (C=O) groups is 4. The molecule has 4 atom stereocenters. The first-order chi connectivity index (χ1) is 15.8. The molecule has 3 amide bonds. The van der Waals surface area contributed by atoms with Gasteiger partial charge in [-0.05, 0) is 24.1 Å². The average molecular weight is 472 g/mol. The topological polar surface area (TPSA) is 142 Å². The molecular weight excluding hydrogens is 446 g/mol. The maximum Gasteiger partial charge on any atom is 0.326 e. The predicted octanol–water partition coefficient (Wildman–Crippen LogP) is 0.370. The van der Waals surface area contributed by atoms with Crippen LogP contribution in [-0.4, -0.2) is 56.9 Å². The maximum atomic E-state index is 12.4. The third kappa shape index (κ3) is 6.98. The van der Waals surface area contributed by atoms with Gasteiger partial charge in [-0.2, -0.15) is 0 Å². The Hall–Kier alpha value is -3.53. The van der Waals surface area contributed by atoms with E-state index in [-0.39, 0.29) is 12.2 Å². The lowest BCUT2D eigenvalue weighted by molar-refractivity contribution is -0.142. The average Bonchev–Trinajstić information content (AvgIpc) is 2.80. The molecule has 33 heavy (non-hydrogen) atoms. The highest BCUT2D eigenvalue weighted by atomic mass is 32.2. The maximum absolute atomic E-state index is 12.4. The molecule has 0 unspecified atom stereocenters. The lowest BCUT2D eigenvalue weighted by Gasteiger charge is -2.29. The zero-order valence-electron chi connectivity index (χ0n) is 17.7. The summed E-state index contributed by atoms with van der Waals surface area (Å²) in [5.41, 5.74) is 0.881. The molecule has 2 aromatic carbocycles. The van der Waals surface area contributed by atoms with Crippen LogP contribution in [0.3, 0.4) is 0 Å². The second kappa shape index (κ2) is 11.4. The van der Waals surface area contributed by atoms with Crippen LogP contribution >= 0.6 is 0 Å². The number of carboxylic acid groups (broad SMARTS) is 1. The summed E-state index contributed by atoms with van der Waals surface area (Å²) in [6.07, 6.45) is -0.136. The van der Waals surface area contributed by atoms with Gasteiger partial charge in [-0.3, -0.25) is 18.6 Å². The van der Waals surface area contributed by atoms with Crippen LogP contribution in [0.1, 0.15) is 18.4 Å². The van der Waals surface area contributed by atoms with Gasteiger partial charge in [-0.1, -0.05) is 48.5 Å². The first kappa shape index (κ1) is 24.1. The van der Waals surface area contributed by atoms with E-state index in [9.17, 15) is 28.5 Å². The Morgan fingerprint density at radius 2 is 1.52 bits per heavy atom. The first-order valence-electron chi connectivity index (χ1n) is 10.4. The van der Waals surface area contributed by atoms with E-state index < -0.39 is 59.0 Å². The molecule has 1 heterocycles. The van der Waals surface area contributed by atoms with Crippen molar-refractivity contribution >= 4 is 34.5 Å². The van der Waals surface area contributed by atoms with Crippen LogP contribution in [0.2, 0.25) is 0 Å². The SMILES string of the molecule is O=C(C[C@@H]1NC(=O)[C@H](Cc2ccccc2)NC1=O)N[C@@H](CC[S@](=O)c1ccccc1)C(=O)O. The van der Waals surface area contributed by atoms with Crippen molar-refractivity contribution in [2.45, 2.75) is 42.3 Å². The van der Waals surface area contributed by atoms with E-state index in [1.54, 1.807) is 30.3 Å². The molecule has 9 nitrogen and oxygen atoms in total. The second-order valence-corrected chi connectivity index (χ2v) is 9.20. The summed E-state index contributed by atoms with van der Waals surface area (Å²) in [6.45, 7) is 0. The van der Waals surface area contributed by atoms with Crippen LogP contribution in [0, 0.1) is 0 Å². The number of benzene rings is 2. The number of hydrogen-bond donors (Lipinski definition) is 4. The van der Waals surface area contributed by atoms with E-state index in [4.69, 9.17) is 0 Å². The minimum absolute atomic E-state index is 0.0447. The van der Waals surface area contributed by atoms with Crippen molar-refractivity contribution < 1.29 is 28.5 Å². The zero-order valence-corrected chi connectivity index (χ0v) is 18.5. The van der Waals surface area contributed by atoms with Crippen LogP contribution in [-0.2, 0) is 36.4 Å². The third-order valence-electron chi connectivity index (χ3n) is 5.17. The summed E-state index contributed by atoms with van der Waals surface area (Å²) in [4.78, 5) is 49.3. The van der Waals surface area contributed by atoms with Crippen molar-refractivity contribution in [1.29, 1.82) is 0 Å². The van der Waals surface area contributed by atoms with Gasteiger partial charge >= 0.3 is 5.97 Å². The summed E-state index contributed by atoms with van der Waals surface area (Å²) < 4.78 is 12.3. The molecule has 1 saturated heterocycles. The Bertz CT molecular complexity index is 1030. The molecule has 0 aliphatic carbocycles. The molecule has 0 radical (unpaired) electrons. The predicted molar refractivity (Wildman–Crippen MR) is 121 cm³/mol. The van der Waals surface area contributed by atoms with Gasteiger partial charge in [0.25, 0.3) is 0 Å². The minimum Gasteiger partial charge on any atom is -0.480 e. The van der Waals surface area contributed by atoms with Gasteiger partial charge in [0.05, 0.1) is 17.2 Å². The number of piperazine rings is 1. The van der Waals surface area contributed by atoms with Crippen LogP contribution in [0.25, 0.3) is 0 Å². The number of amides is 3. The van der Waals surface area contributed by atoms with E-state index >= 15 is 0 Å². The second-order valence-electron chi connectivity index (χ2n) is 7.63. The van der Waals surface area contributed by atoms with E-state index in [0.717, 1.165) is 5.56 Å². The van der Waals surface area contributed by atoms with Crippen molar-refractivity contribution in [3.8, 4) is 0 Å². The number of rotatable bonds is 10. The Labute approximate surface area is 193 Å². The van der Waals surface area contributed by atoms with Crippen LogP contribution in [0.5, 0.6) is 0 Å². The van der Waals surface area contributed by atoms with Crippen molar-refractivity contribution in [3.63, 3.8) is 0 Å². The van der Waals surface area contributed by atoms with Crippen LogP contribution < -0.4 is 16.0 Å². The van der Waals surface area contributed by atoms with Gasteiger partial charge in [-0.15, -0.1) is 0 Å². The monoisotopic (exact) mass is 471 g/mol. The summed E-state index contributed by atoms with van der Waals surface area (Å²) in [7, 11) is -1.41. The molecule has 1 aliphatic rings. The number of nitrogens with one attached hydrogen (secondary N) is 3. The van der Waals surface area contributed by atoms with Gasteiger partial charge < -0.3 is 21.1 Å². The Morgan fingerprint density at radius 3 is 2.15 bits per heavy atom. The summed E-state index contributed by atoms with van der Waals surface area (Å²) in [5, 5.41) is 16.9. The molecule has 0 saturated carbocycles. The molecule has 0 aromatic heterocycles. The van der Waals surface area contributed by atoms with Crippen molar-refractivity contribution in [2.24, 2.45) is 0 Å². The van der Waals surface area contributed by atoms with E-state index in [2.05, 4.69) is 16.0 Å². The van der Waals surface area contributed by atoms with Crippen LogP contribution in [0.15, 0.2) is 65.6 Å². The number of carboxylic acids is 1. The number of carbonyl (C=O) groups excluding carboxylic acids is 3. The Balaban J connectivity index is 1.51. The lowest BCUT2D eigenvalue weighted by atomic mass is 10.0. The molecule has 1 fully saturated rings.